The number of rotatable bonds is 6. The topological polar surface area (TPSA) is 90.7 Å². The van der Waals surface area contributed by atoms with E-state index >= 15 is 0 Å². The third kappa shape index (κ3) is 4.87. The molecular weight excluding hydrogens is 323 g/mol. The molecule has 1 aliphatic rings. The van der Waals surface area contributed by atoms with Gasteiger partial charge in [0.1, 0.15) is 6.10 Å². The molecule has 0 unspecified atom stereocenters. The van der Waals surface area contributed by atoms with E-state index in [2.05, 4.69) is 4.72 Å². The van der Waals surface area contributed by atoms with Crippen LogP contribution in [0.15, 0.2) is 23.1 Å². The molecule has 130 valence electrons. The summed E-state index contributed by atoms with van der Waals surface area (Å²) in [5.41, 5.74) is 4.71. The van der Waals surface area contributed by atoms with Crippen molar-refractivity contribution in [2.24, 2.45) is 5.73 Å². The monoisotopic (exact) mass is 346 g/mol. The quantitative estimate of drug-likeness (QED) is 0.812. The van der Waals surface area contributed by atoms with Crippen LogP contribution in [-0.4, -0.2) is 39.8 Å². The minimum absolute atomic E-state index is 0.0499. The largest absolute Gasteiger partial charge is 0.487 e. The fourth-order valence-electron chi connectivity index (χ4n) is 2.18. The molecule has 0 radical (unpaired) electrons. The average Bonchev–Trinajstić information content (AvgIpc) is 2.49. The summed E-state index contributed by atoms with van der Waals surface area (Å²) in [5.74, 6) is -0.654. The first-order chi connectivity index (χ1) is 10.7. The van der Waals surface area contributed by atoms with Crippen LogP contribution in [0.3, 0.4) is 0 Å². The Morgan fingerprint density at radius 3 is 2.61 bits per heavy atom. The molecule has 2 rings (SSSR count). The maximum Gasteiger partial charge on any atom is 0.241 e. The van der Waals surface area contributed by atoms with E-state index in [-0.39, 0.29) is 23.3 Å². The fourth-order valence-corrected chi connectivity index (χ4v) is 3.62. The average molecular weight is 346 g/mol. The molecule has 1 aliphatic heterocycles. The maximum atomic E-state index is 14.2. The van der Waals surface area contributed by atoms with Crippen molar-refractivity contribution in [1.82, 2.24) is 4.72 Å². The molecule has 0 atom stereocenters. The van der Waals surface area contributed by atoms with Crippen molar-refractivity contribution in [3.63, 3.8) is 0 Å². The summed E-state index contributed by atoms with van der Waals surface area (Å²) in [7, 11) is -3.85. The van der Waals surface area contributed by atoms with Gasteiger partial charge in [-0.25, -0.2) is 17.5 Å². The zero-order chi connectivity index (χ0) is 17.1. The first kappa shape index (κ1) is 18.1. The predicted octanol–water partition coefficient (Wildman–Crippen LogP) is 1.40. The number of halogens is 1. The molecule has 0 spiro atoms. The summed E-state index contributed by atoms with van der Waals surface area (Å²) in [6.07, 6.45) is 1.26. The third-order valence-electron chi connectivity index (χ3n) is 3.60. The van der Waals surface area contributed by atoms with Crippen LogP contribution < -0.4 is 15.2 Å². The Labute approximate surface area is 136 Å². The molecule has 6 nitrogen and oxygen atoms in total. The van der Waals surface area contributed by atoms with Crippen molar-refractivity contribution < 1.29 is 22.3 Å². The maximum absolute atomic E-state index is 14.2. The highest BCUT2D eigenvalue weighted by molar-refractivity contribution is 7.89. The van der Waals surface area contributed by atoms with Crippen LogP contribution in [0.5, 0.6) is 5.75 Å². The molecule has 1 heterocycles. The van der Waals surface area contributed by atoms with Gasteiger partial charge < -0.3 is 15.2 Å². The van der Waals surface area contributed by atoms with Gasteiger partial charge in [-0.05, 0) is 32.0 Å². The van der Waals surface area contributed by atoms with Gasteiger partial charge in [-0.1, -0.05) is 0 Å². The molecule has 0 saturated carbocycles. The summed E-state index contributed by atoms with van der Waals surface area (Å²) >= 11 is 0. The Morgan fingerprint density at radius 1 is 1.39 bits per heavy atom. The van der Waals surface area contributed by atoms with Crippen LogP contribution in [-0.2, 0) is 14.8 Å². The number of nitrogens with one attached hydrogen (secondary N) is 1. The van der Waals surface area contributed by atoms with Gasteiger partial charge in [-0.3, -0.25) is 0 Å². The van der Waals surface area contributed by atoms with E-state index in [4.69, 9.17) is 15.2 Å². The number of hydrogen-bond acceptors (Lipinski definition) is 5. The number of nitrogens with two attached hydrogens (primary N) is 1. The highest BCUT2D eigenvalue weighted by atomic mass is 32.2. The van der Waals surface area contributed by atoms with E-state index in [1.165, 1.54) is 12.1 Å². The Morgan fingerprint density at radius 2 is 2.04 bits per heavy atom. The second-order valence-electron chi connectivity index (χ2n) is 6.22. The normalized spacial score (nSPS) is 17.2. The highest BCUT2D eigenvalue weighted by Crippen LogP contribution is 2.24. The summed E-state index contributed by atoms with van der Waals surface area (Å²) in [6, 6.07) is 3.63. The lowest BCUT2D eigenvalue weighted by Crippen LogP contribution is -2.48. The van der Waals surface area contributed by atoms with Crippen LogP contribution >= 0.6 is 0 Å². The lowest BCUT2D eigenvalue weighted by atomic mass is 10.1. The van der Waals surface area contributed by atoms with Gasteiger partial charge >= 0.3 is 0 Å². The molecule has 0 bridgehead atoms. The van der Waals surface area contributed by atoms with Crippen molar-refractivity contribution in [3.8, 4) is 5.75 Å². The van der Waals surface area contributed by atoms with Gasteiger partial charge in [-0.15, -0.1) is 0 Å². The number of ether oxygens (including phenoxy) is 2. The van der Waals surface area contributed by atoms with Gasteiger partial charge in [0.15, 0.2) is 11.6 Å². The molecule has 23 heavy (non-hydrogen) atoms. The van der Waals surface area contributed by atoms with Gasteiger partial charge in [0.05, 0.1) is 18.1 Å². The summed E-state index contributed by atoms with van der Waals surface area (Å²) in [6.45, 7) is 4.60. The SMILES string of the molecule is CC(C)(CN)NS(=O)(=O)c1ccc(OC2CCOCC2)c(F)c1. The van der Waals surface area contributed by atoms with Gasteiger partial charge in [0.2, 0.25) is 10.0 Å². The van der Waals surface area contributed by atoms with Crippen molar-refractivity contribution in [1.29, 1.82) is 0 Å². The van der Waals surface area contributed by atoms with Crippen molar-refractivity contribution in [2.45, 2.75) is 43.2 Å². The standard InChI is InChI=1S/C15H23FN2O4S/c1-15(2,10-17)18-23(19,20)12-3-4-14(13(16)9-12)22-11-5-7-21-8-6-11/h3-4,9,11,18H,5-8,10,17H2,1-2H3. The smallest absolute Gasteiger partial charge is 0.241 e. The van der Waals surface area contributed by atoms with Gasteiger partial charge in [0.25, 0.3) is 0 Å². The van der Waals surface area contributed by atoms with Gasteiger partial charge in [-0.2, -0.15) is 0 Å². The Kier molecular flexibility index (Phi) is 5.61. The highest BCUT2D eigenvalue weighted by Gasteiger charge is 2.26. The lowest BCUT2D eigenvalue weighted by molar-refractivity contribution is 0.0240. The molecule has 3 N–H and O–H groups in total. The zero-order valence-electron chi connectivity index (χ0n) is 13.3. The summed E-state index contributed by atoms with van der Waals surface area (Å²) < 4.78 is 52.0. The van der Waals surface area contributed by atoms with E-state index in [0.29, 0.717) is 26.1 Å². The number of sulfonamides is 1. The summed E-state index contributed by atoms with van der Waals surface area (Å²) in [4.78, 5) is -0.157. The van der Waals surface area contributed by atoms with E-state index in [9.17, 15) is 12.8 Å². The molecule has 1 saturated heterocycles. The molecule has 0 aromatic heterocycles. The molecule has 1 aromatic carbocycles. The number of benzene rings is 1. The first-order valence-electron chi connectivity index (χ1n) is 7.51. The lowest BCUT2D eigenvalue weighted by Gasteiger charge is -2.25. The van der Waals surface area contributed by atoms with Crippen LogP contribution in [0, 0.1) is 5.82 Å². The van der Waals surface area contributed by atoms with Crippen LogP contribution in [0.2, 0.25) is 0 Å². The van der Waals surface area contributed by atoms with E-state index < -0.39 is 21.4 Å². The molecule has 0 amide bonds. The zero-order valence-corrected chi connectivity index (χ0v) is 14.2. The second kappa shape index (κ2) is 7.12. The predicted molar refractivity (Wildman–Crippen MR) is 84.3 cm³/mol. The molecule has 1 aromatic rings. The minimum atomic E-state index is -3.85. The molecule has 1 fully saturated rings. The summed E-state index contributed by atoms with van der Waals surface area (Å²) in [5, 5.41) is 0. The number of hydrogen-bond donors (Lipinski definition) is 2. The van der Waals surface area contributed by atoms with Crippen molar-refractivity contribution in [2.75, 3.05) is 19.8 Å². The van der Waals surface area contributed by atoms with E-state index in [1.54, 1.807) is 13.8 Å². The molecule has 0 aliphatic carbocycles. The third-order valence-corrected chi connectivity index (χ3v) is 5.29. The molecular formula is C15H23FN2O4S. The second-order valence-corrected chi connectivity index (χ2v) is 7.90. The first-order valence-corrected chi connectivity index (χ1v) is 9.00. The Bertz CT molecular complexity index is 643. The van der Waals surface area contributed by atoms with E-state index in [1.807, 2.05) is 0 Å². The Hall–Kier alpha value is -1.22. The molecule has 8 heteroatoms. The van der Waals surface area contributed by atoms with Crippen LogP contribution in [0.1, 0.15) is 26.7 Å². The minimum Gasteiger partial charge on any atom is -0.487 e. The van der Waals surface area contributed by atoms with Gasteiger partial charge in [0, 0.05) is 24.9 Å². The van der Waals surface area contributed by atoms with Crippen molar-refractivity contribution in [3.05, 3.63) is 24.0 Å². The fraction of sp³-hybridized carbons (Fsp3) is 0.600. The van der Waals surface area contributed by atoms with Crippen LogP contribution in [0.25, 0.3) is 0 Å². The van der Waals surface area contributed by atoms with E-state index in [0.717, 1.165) is 6.07 Å². The van der Waals surface area contributed by atoms with Crippen LogP contribution in [0.4, 0.5) is 4.39 Å². The Balaban J connectivity index is 2.14. The van der Waals surface area contributed by atoms with Crippen molar-refractivity contribution >= 4 is 10.0 Å².